The molecule has 7 nitrogen and oxygen atoms in total. The summed E-state index contributed by atoms with van der Waals surface area (Å²) < 4.78 is 18.1. The number of nitrogens with zero attached hydrogens (tertiary/aromatic N) is 1. The van der Waals surface area contributed by atoms with E-state index >= 15 is 0 Å². The molecular formula is C24H29NO6. The van der Waals surface area contributed by atoms with Gasteiger partial charge in [-0.1, -0.05) is 6.07 Å². The minimum atomic E-state index is -1.19. The van der Waals surface area contributed by atoms with Crippen LogP contribution in [0.4, 0.5) is 0 Å². The van der Waals surface area contributed by atoms with Gasteiger partial charge >= 0.3 is 11.9 Å². The largest absolute Gasteiger partial charge is 0.478 e. The number of carbonyl (C=O) groups is 2. The molecule has 2 aliphatic carbocycles. The van der Waals surface area contributed by atoms with E-state index in [1.54, 1.807) is 6.07 Å². The molecule has 1 aromatic carbocycles. The van der Waals surface area contributed by atoms with Gasteiger partial charge in [-0.05, 0) is 75.3 Å². The Labute approximate surface area is 182 Å². The molecule has 166 valence electrons. The monoisotopic (exact) mass is 427 g/mol. The minimum Gasteiger partial charge on any atom is -0.478 e. The van der Waals surface area contributed by atoms with E-state index in [1.165, 1.54) is 18.4 Å². The molecule has 2 bridgehead atoms. The molecule has 0 aromatic heterocycles. The van der Waals surface area contributed by atoms with E-state index in [1.807, 2.05) is 26.0 Å². The van der Waals surface area contributed by atoms with Crippen molar-refractivity contribution in [3.05, 3.63) is 41.5 Å². The first-order chi connectivity index (χ1) is 14.8. The minimum absolute atomic E-state index is 0.0223. The Morgan fingerprint density at radius 2 is 2.10 bits per heavy atom. The number of hydrogen-bond acceptors (Lipinski definition) is 6. The number of ether oxygens (including phenoxy) is 3. The first kappa shape index (κ1) is 20.7. The van der Waals surface area contributed by atoms with Crippen molar-refractivity contribution in [1.82, 2.24) is 4.90 Å². The van der Waals surface area contributed by atoms with Crippen molar-refractivity contribution < 1.29 is 28.9 Å². The average molecular weight is 427 g/mol. The fourth-order valence-electron chi connectivity index (χ4n) is 5.43. The summed E-state index contributed by atoms with van der Waals surface area (Å²) in [7, 11) is 0. The third kappa shape index (κ3) is 3.90. The highest BCUT2D eigenvalue weighted by Gasteiger charge is 2.59. The van der Waals surface area contributed by atoms with Gasteiger partial charge in [0.1, 0.15) is 5.75 Å². The maximum Gasteiger partial charge on any atom is 0.336 e. The Morgan fingerprint density at radius 3 is 2.84 bits per heavy atom. The Bertz CT molecular complexity index is 936. The lowest BCUT2D eigenvalue weighted by molar-refractivity contribution is -0.322. The van der Waals surface area contributed by atoms with Crippen molar-refractivity contribution >= 4 is 11.9 Å². The van der Waals surface area contributed by atoms with Gasteiger partial charge in [0.25, 0.3) is 0 Å². The van der Waals surface area contributed by atoms with Crippen molar-refractivity contribution in [2.24, 2.45) is 5.92 Å². The first-order valence-corrected chi connectivity index (χ1v) is 11.1. The van der Waals surface area contributed by atoms with Crippen LogP contribution in [0.5, 0.6) is 5.75 Å². The molecule has 5 rings (SSSR count). The number of likely N-dealkylation sites (tertiary alicyclic amines) is 1. The van der Waals surface area contributed by atoms with Crippen LogP contribution in [0.2, 0.25) is 0 Å². The number of carbonyl (C=O) groups excluding carboxylic acids is 1. The molecule has 2 aliphatic heterocycles. The van der Waals surface area contributed by atoms with E-state index in [0.717, 1.165) is 49.6 Å². The first-order valence-electron chi connectivity index (χ1n) is 11.1. The van der Waals surface area contributed by atoms with Crippen LogP contribution in [0.25, 0.3) is 0 Å². The van der Waals surface area contributed by atoms with E-state index in [2.05, 4.69) is 4.90 Å². The Kier molecular flexibility index (Phi) is 4.95. The number of carboxylic acids is 1. The van der Waals surface area contributed by atoms with Gasteiger partial charge in [0.15, 0.2) is 5.79 Å². The quantitative estimate of drug-likeness (QED) is 0.439. The molecule has 0 radical (unpaired) electrons. The van der Waals surface area contributed by atoms with Crippen molar-refractivity contribution in [3.8, 4) is 5.75 Å². The number of benzene rings is 1. The van der Waals surface area contributed by atoms with Crippen molar-refractivity contribution in [2.75, 3.05) is 19.7 Å². The Hall–Kier alpha value is -2.22. The van der Waals surface area contributed by atoms with Gasteiger partial charge in [0.05, 0.1) is 12.7 Å². The smallest absolute Gasteiger partial charge is 0.336 e. The highest BCUT2D eigenvalue weighted by atomic mass is 16.7. The second-order valence-corrected chi connectivity index (χ2v) is 9.75. The van der Waals surface area contributed by atoms with E-state index in [0.29, 0.717) is 18.4 Å². The van der Waals surface area contributed by atoms with E-state index in [-0.39, 0.29) is 11.5 Å². The number of piperidine rings is 1. The van der Waals surface area contributed by atoms with Gasteiger partial charge in [-0.3, -0.25) is 4.90 Å². The second-order valence-electron chi connectivity index (χ2n) is 9.75. The molecule has 0 unspecified atom stereocenters. The number of carboxylic acid groups (broad SMARTS) is 1. The molecule has 7 heteroatoms. The lowest BCUT2D eigenvalue weighted by Crippen LogP contribution is -2.70. The fraction of sp³-hybridized carbons (Fsp3) is 0.583. The summed E-state index contributed by atoms with van der Waals surface area (Å²) in [5, 5.41) is 8.71. The van der Waals surface area contributed by atoms with Crippen LogP contribution in [-0.4, -0.2) is 59.6 Å². The Balaban J connectivity index is 1.47. The predicted molar refractivity (Wildman–Crippen MR) is 112 cm³/mol. The molecule has 2 saturated heterocycles. The normalized spacial score (nSPS) is 31.7. The molecule has 3 fully saturated rings. The summed E-state index contributed by atoms with van der Waals surface area (Å²) in [6.45, 7) is 6.67. The van der Waals surface area contributed by atoms with Gasteiger partial charge in [0.2, 0.25) is 0 Å². The van der Waals surface area contributed by atoms with Gasteiger partial charge in [-0.2, -0.15) is 0 Å². The Morgan fingerprint density at radius 1 is 1.29 bits per heavy atom. The lowest BCUT2D eigenvalue weighted by Gasteiger charge is -2.60. The van der Waals surface area contributed by atoms with Crippen molar-refractivity contribution in [1.29, 1.82) is 0 Å². The van der Waals surface area contributed by atoms with Gasteiger partial charge in [-0.15, -0.1) is 0 Å². The summed E-state index contributed by atoms with van der Waals surface area (Å²) in [6.07, 6.45) is 6.21. The summed E-state index contributed by atoms with van der Waals surface area (Å²) in [4.78, 5) is 25.3. The van der Waals surface area contributed by atoms with Gasteiger partial charge < -0.3 is 19.3 Å². The zero-order valence-corrected chi connectivity index (χ0v) is 18.0. The molecule has 1 saturated carbocycles. The SMILES string of the molecule is CC1(C)OC[C@]23CCN(CC4CC4)[C@H](Cc4ccc(OC(=O)/C=C/C(=O)O)cc42)[C@@H]3O1. The third-order valence-electron chi connectivity index (χ3n) is 7.11. The van der Waals surface area contributed by atoms with E-state index in [9.17, 15) is 9.59 Å². The number of fused-ring (bicyclic) bond motifs is 1. The molecule has 1 N–H and O–H groups in total. The molecule has 31 heavy (non-hydrogen) atoms. The molecule has 0 spiro atoms. The summed E-state index contributed by atoms with van der Waals surface area (Å²) >= 11 is 0. The van der Waals surface area contributed by atoms with E-state index in [4.69, 9.17) is 19.3 Å². The molecule has 2 heterocycles. The van der Waals surface area contributed by atoms with Crippen molar-refractivity contribution in [3.63, 3.8) is 0 Å². The summed E-state index contributed by atoms with van der Waals surface area (Å²) in [5.74, 6) is -1.29. The van der Waals surface area contributed by atoms with E-state index < -0.39 is 17.7 Å². The maximum atomic E-state index is 12.0. The third-order valence-corrected chi connectivity index (χ3v) is 7.11. The molecular weight excluding hydrogens is 398 g/mol. The maximum absolute atomic E-state index is 12.0. The van der Waals surface area contributed by atoms with Crippen LogP contribution in [0.3, 0.4) is 0 Å². The van der Waals surface area contributed by atoms with Gasteiger partial charge in [0, 0.05) is 30.2 Å². The van der Waals surface area contributed by atoms with Gasteiger partial charge in [-0.25, -0.2) is 9.59 Å². The van der Waals surface area contributed by atoms with Crippen LogP contribution in [0.1, 0.15) is 44.2 Å². The number of aliphatic carboxylic acids is 1. The molecule has 0 amide bonds. The fourth-order valence-corrected chi connectivity index (χ4v) is 5.43. The number of rotatable bonds is 5. The number of hydrogen-bond donors (Lipinski definition) is 1. The average Bonchev–Trinajstić information content (AvgIpc) is 3.52. The zero-order valence-electron chi connectivity index (χ0n) is 18.0. The molecule has 3 atom stereocenters. The topological polar surface area (TPSA) is 85.3 Å². The summed E-state index contributed by atoms with van der Waals surface area (Å²) in [5.41, 5.74) is 2.10. The van der Waals surface area contributed by atoms with Crippen LogP contribution in [-0.2, 0) is 30.9 Å². The number of esters is 1. The highest BCUT2D eigenvalue weighted by molar-refractivity contribution is 5.91. The molecule has 4 aliphatic rings. The van der Waals surface area contributed by atoms with Crippen LogP contribution in [0.15, 0.2) is 30.4 Å². The van der Waals surface area contributed by atoms with Crippen LogP contribution < -0.4 is 4.74 Å². The summed E-state index contributed by atoms with van der Waals surface area (Å²) in [6, 6.07) is 6.06. The van der Waals surface area contributed by atoms with Crippen molar-refractivity contribution in [2.45, 2.75) is 62.9 Å². The van der Waals surface area contributed by atoms with Crippen LogP contribution in [0, 0.1) is 5.92 Å². The highest BCUT2D eigenvalue weighted by Crippen LogP contribution is 2.52. The zero-order chi connectivity index (χ0) is 21.8. The predicted octanol–water partition coefficient (Wildman–Crippen LogP) is 2.66. The standard InChI is InChI=1S/C24H29NO6/c1-23(2)29-14-24-9-10-25(13-15-3-4-15)19(22(24)31-23)11-16-5-6-17(12-18(16)24)30-21(28)8-7-20(26)27/h5-8,12,15,19,22H,3-4,9-11,13-14H2,1-2H3,(H,26,27)/b8-7+/t19-,22+,24-/m1/s1. The van der Waals surface area contributed by atoms with Crippen LogP contribution >= 0.6 is 0 Å². The lowest BCUT2D eigenvalue weighted by atomic mass is 9.61. The molecule has 1 aromatic rings. The second kappa shape index (κ2) is 7.43.